The minimum Gasteiger partial charge on any atom is -0.410 e. The van der Waals surface area contributed by atoms with Crippen LogP contribution in [0.4, 0.5) is 41.9 Å². The van der Waals surface area contributed by atoms with Gasteiger partial charge < -0.3 is 20.1 Å². The van der Waals surface area contributed by atoms with E-state index in [9.17, 15) is 19.2 Å². The number of carbonyl (C=O) groups excluding carboxylic acids is 4. The largest absolute Gasteiger partial charge is 0.417 e. The summed E-state index contributed by atoms with van der Waals surface area (Å²) in [7, 11) is 0. The van der Waals surface area contributed by atoms with E-state index in [0.29, 0.717) is 34.2 Å². The second kappa shape index (κ2) is 17.5. The van der Waals surface area contributed by atoms with Gasteiger partial charge in [-0.3, -0.25) is 16.0 Å². The van der Waals surface area contributed by atoms with Gasteiger partial charge in [0.05, 0.1) is 0 Å². The van der Waals surface area contributed by atoms with Crippen LogP contribution in [0.1, 0.15) is 104 Å². The van der Waals surface area contributed by atoms with Gasteiger partial charge >= 0.3 is 24.2 Å². The highest BCUT2D eigenvalue weighted by Gasteiger charge is 2.28. The molecule has 0 aliphatic carbocycles. The molecular formula is C46H59N5O6. The van der Waals surface area contributed by atoms with Gasteiger partial charge in [0.25, 0.3) is 0 Å². The van der Waals surface area contributed by atoms with Crippen LogP contribution in [0, 0.1) is 24.7 Å². The van der Waals surface area contributed by atoms with E-state index in [0.717, 1.165) is 35.1 Å². The fourth-order valence-corrected chi connectivity index (χ4v) is 7.39. The number of ether oxygens (including phenoxy) is 2. The van der Waals surface area contributed by atoms with Gasteiger partial charge in [-0.1, -0.05) is 106 Å². The highest BCUT2D eigenvalue weighted by molar-refractivity contribution is 6.05. The Bertz CT molecular complexity index is 1930. The van der Waals surface area contributed by atoms with E-state index in [4.69, 9.17) is 9.47 Å². The second-order valence-corrected chi connectivity index (χ2v) is 18.4. The zero-order valence-electron chi connectivity index (χ0n) is 35.4. The zero-order chi connectivity index (χ0) is 42.3. The van der Waals surface area contributed by atoms with Crippen molar-refractivity contribution < 1.29 is 28.7 Å². The monoisotopic (exact) mass is 777 g/mol. The molecule has 0 aliphatic rings. The molecule has 0 atom stereocenters. The van der Waals surface area contributed by atoms with Crippen molar-refractivity contribution in [3.05, 3.63) is 107 Å². The zero-order valence-corrected chi connectivity index (χ0v) is 35.4. The maximum atomic E-state index is 12.8. The summed E-state index contributed by atoms with van der Waals surface area (Å²) < 4.78 is 11.1. The lowest BCUT2D eigenvalue weighted by atomic mass is 9.72. The Morgan fingerprint density at radius 2 is 0.807 bits per heavy atom. The number of anilines is 4. The van der Waals surface area contributed by atoms with Crippen molar-refractivity contribution in [3.63, 3.8) is 0 Å². The van der Waals surface area contributed by atoms with E-state index in [-0.39, 0.29) is 21.7 Å². The van der Waals surface area contributed by atoms with Crippen molar-refractivity contribution in [1.82, 2.24) is 5.32 Å². The average molecular weight is 778 g/mol. The topological polar surface area (TPSA) is 147 Å². The van der Waals surface area contributed by atoms with Crippen molar-refractivity contribution >= 4 is 47.0 Å². The lowest BCUT2D eigenvalue weighted by Gasteiger charge is -2.33. The Morgan fingerprint density at radius 3 is 1.12 bits per heavy atom. The highest BCUT2D eigenvalue weighted by Crippen LogP contribution is 2.38. The Morgan fingerprint density at radius 1 is 0.474 bits per heavy atom. The molecule has 5 N–H and O–H groups in total. The predicted octanol–water partition coefficient (Wildman–Crippen LogP) is 12.3. The van der Waals surface area contributed by atoms with Crippen molar-refractivity contribution in [3.8, 4) is 11.5 Å². The molecule has 4 aromatic rings. The van der Waals surface area contributed by atoms with E-state index >= 15 is 0 Å². The molecule has 0 spiro atoms. The number of benzene rings is 4. The molecule has 304 valence electrons. The first-order valence-electron chi connectivity index (χ1n) is 19.2. The number of rotatable bonds is 10. The van der Waals surface area contributed by atoms with Crippen LogP contribution in [-0.4, -0.2) is 24.2 Å². The number of aryl methyl sites for hydroxylation is 2. The summed E-state index contributed by atoms with van der Waals surface area (Å²) in [5.74, 6) is 0.794. The van der Waals surface area contributed by atoms with Gasteiger partial charge in [0.15, 0.2) is 0 Å². The molecule has 0 saturated heterocycles. The number of hydrogen-bond acceptors (Lipinski definition) is 6. The summed E-state index contributed by atoms with van der Waals surface area (Å²) in [4.78, 5) is 51.1. The summed E-state index contributed by atoms with van der Waals surface area (Å²) in [6.07, 6.45) is 0.606. The van der Waals surface area contributed by atoms with Crippen LogP contribution in [-0.2, 0) is 10.8 Å². The quantitative estimate of drug-likeness (QED) is 0.108. The molecule has 0 aliphatic heterocycles. The fourth-order valence-electron chi connectivity index (χ4n) is 7.39. The highest BCUT2D eigenvalue weighted by atomic mass is 16.6. The van der Waals surface area contributed by atoms with E-state index in [1.807, 2.05) is 24.3 Å². The second-order valence-electron chi connectivity index (χ2n) is 18.4. The van der Waals surface area contributed by atoms with Crippen LogP contribution >= 0.6 is 0 Å². The molecular weight excluding hydrogens is 719 g/mol. The van der Waals surface area contributed by atoms with Gasteiger partial charge in [0, 0.05) is 22.7 Å². The first kappa shape index (κ1) is 43.9. The normalized spacial score (nSPS) is 11.9. The number of imide groups is 1. The maximum absolute atomic E-state index is 12.8. The molecule has 0 aromatic heterocycles. The van der Waals surface area contributed by atoms with E-state index in [2.05, 4.69) is 95.8 Å². The van der Waals surface area contributed by atoms with Crippen LogP contribution in [0.5, 0.6) is 11.5 Å². The van der Waals surface area contributed by atoms with Gasteiger partial charge in [0.2, 0.25) is 0 Å². The van der Waals surface area contributed by atoms with Gasteiger partial charge in [-0.2, -0.15) is 0 Å². The number of carbonyl (C=O) groups is 4. The molecule has 0 unspecified atom stereocenters. The Balaban J connectivity index is 1.29. The maximum Gasteiger partial charge on any atom is 0.417 e. The number of amides is 6. The standard InChI is InChI=1S/C46H59N5O6/c1-29-13-19-33(25-37(29)49-41(54)56-35-21-15-31(16-22-35)45(9,10)27-43(3,4)5)47-39(52)51-40(53)48-34-20-14-30(2)38(26-34)50-42(55)57-36-23-17-32(18-24-36)46(11,12)28-44(6,7)8/h13-26H,27-28H2,1-12H3,(H,49,54)(H,50,55)(H3,47,48,51,52,53). The van der Waals surface area contributed by atoms with E-state index < -0.39 is 24.2 Å². The smallest absolute Gasteiger partial charge is 0.410 e. The van der Waals surface area contributed by atoms with E-state index in [1.54, 1.807) is 74.5 Å². The SMILES string of the molecule is Cc1ccc(NC(=O)NC(=O)Nc2ccc(C)c(NC(=O)Oc3ccc(C(C)(C)CC(C)(C)C)cc3)c2)cc1NC(=O)Oc1ccc(C(C)(C)CC(C)(C)C)cc1. The molecule has 0 fully saturated rings. The lowest BCUT2D eigenvalue weighted by molar-refractivity contribution is 0.214. The third kappa shape index (κ3) is 13.7. The van der Waals surface area contributed by atoms with Crippen molar-refractivity contribution in [2.24, 2.45) is 10.8 Å². The minimum absolute atomic E-state index is 0.0475. The number of nitrogens with one attached hydrogen (secondary N) is 5. The first-order valence-corrected chi connectivity index (χ1v) is 19.2. The van der Waals surface area contributed by atoms with Crippen LogP contribution in [0.15, 0.2) is 84.9 Å². The van der Waals surface area contributed by atoms with Crippen molar-refractivity contribution in [2.75, 3.05) is 21.3 Å². The summed E-state index contributed by atoms with van der Waals surface area (Å²) in [5.41, 5.74) is 5.49. The average Bonchev–Trinajstić information content (AvgIpc) is 3.06. The molecule has 57 heavy (non-hydrogen) atoms. The van der Waals surface area contributed by atoms with Crippen molar-refractivity contribution in [2.45, 2.75) is 107 Å². The van der Waals surface area contributed by atoms with Gasteiger partial charge in [0.1, 0.15) is 11.5 Å². The molecule has 4 aromatic carbocycles. The van der Waals surface area contributed by atoms with Gasteiger partial charge in [-0.25, -0.2) is 19.2 Å². The first-order chi connectivity index (χ1) is 26.4. The Kier molecular flexibility index (Phi) is 13.5. The third-order valence-electron chi connectivity index (χ3n) is 9.33. The molecule has 6 amide bonds. The summed E-state index contributed by atoms with van der Waals surface area (Å²) >= 11 is 0. The Hall–Kier alpha value is -5.84. The molecule has 11 heteroatoms. The number of hydrogen-bond donors (Lipinski definition) is 5. The van der Waals surface area contributed by atoms with Gasteiger partial charge in [-0.15, -0.1) is 0 Å². The molecule has 0 heterocycles. The summed E-state index contributed by atoms with van der Waals surface area (Å²) in [6.45, 7) is 25.7. The van der Waals surface area contributed by atoms with Crippen LogP contribution in [0.2, 0.25) is 0 Å². The molecule has 11 nitrogen and oxygen atoms in total. The van der Waals surface area contributed by atoms with Crippen molar-refractivity contribution in [1.29, 1.82) is 0 Å². The number of urea groups is 2. The lowest BCUT2D eigenvalue weighted by Crippen LogP contribution is -2.37. The molecule has 0 radical (unpaired) electrons. The fraction of sp³-hybridized carbons (Fsp3) is 0.391. The van der Waals surface area contributed by atoms with E-state index in [1.165, 1.54) is 0 Å². The molecule has 0 bridgehead atoms. The van der Waals surface area contributed by atoms with Gasteiger partial charge in [-0.05, 0) is 119 Å². The van der Waals surface area contributed by atoms with Crippen LogP contribution < -0.4 is 36.1 Å². The molecule has 4 rings (SSSR count). The molecule has 0 saturated carbocycles. The minimum atomic E-state index is -0.804. The van der Waals surface area contributed by atoms with Crippen LogP contribution in [0.25, 0.3) is 0 Å². The summed E-state index contributed by atoms with van der Waals surface area (Å²) in [5, 5.41) is 12.9. The van der Waals surface area contributed by atoms with Crippen LogP contribution in [0.3, 0.4) is 0 Å². The third-order valence-corrected chi connectivity index (χ3v) is 9.33. The predicted molar refractivity (Wildman–Crippen MR) is 230 cm³/mol. The summed E-state index contributed by atoms with van der Waals surface area (Å²) in [6, 6.07) is 23.2. The Labute approximate surface area is 337 Å².